The molecule has 4 aliphatic rings. The number of carbonyl (C=O) groups excluding carboxylic acids is 1. The van der Waals surface area contributed by atoms with Gasteiger partial charge in [0.25, 0.3) is 0 Å². The summed E-state index contributed by atoms with van der Waals surface area (Å²) in [5.74, 6) is 1.44. The first-order chi connectivity index (χ1) is 22.9. The summed E-state index contributed by atoms with van der Waals surface area (Å²) in [7, 11) is -3.46. The van der Waals surface area contributed by atoms with Gasteiger partial charge in [0, 0.05) is 98.7 Å². The number of halogens is 3. The number of nitrogens with zero attached hydrogens (tertiary/aromatic N) is 6. The normalized spacial score (nSPS) is 22.5. The van der Waals surface area contributed by atoms with Crippen LogP contribution in [0.4, 0.5) is 13.2 Å². The number of alkyl halides is 3. The minimum atomic E-state index is -4.48. The lowest BCUT2D eigenvalue weighted by Gasteiger charge is -2.36. The lowest BCUT2D eigenvalue weighted by atomic mass is 10.0. The Morgan fingerprint density at radius 1 is 0.958 bits per heavy atom. The van der Waals surface area contributed by atoms with E-state index in [9.17, 15) is 26.4 Å². The highest BCUT2D eigenvalue weighted by Crippen LogP contribution is 2.40. The molecule has 1 amide bonds. The Balaban J connectivity index is 1.18. The molecule has 0 aliphatic carbocycles. The molecular formula is C34H49F3N6O3S2. The van der Waals surface area contributed by atoms with E-state index < -0.39 is 21.8 Å². The third-order valence-electron chi connectivity index (χ3n) is 10.5. The highest BCUT2D eigenvalue weighted by Gasteiger charge is 2.35. The molecule has 4 aliphatic heterocycles. The predicted molar refractivity (Wildman–Crippen MR) is 182 cm³/mol. The molecule has 0 saturated carbocycles. The second-order valence-electron chi connectivity index (χ2n) is 14.1. The van der Waals surface area contributed by atoms with Gasteiger partial charge >= 0.3 is 6.18 Å². The van der Waals surface area contributed by atoms with E-state index >= 15 is 0 Å². The minimum absolute atomic E-state index is 0.156. The number of fused-ring (bicyclic) bond motifs is 1. The molecule has 0 N–H and O–H groups in total. The van der Waals surface area contributed by atoms with Crippen molar-refractivity contribution in [2.45, 2.75) is 88.5 Å². The standard InChI is InChI=1S/C34H49F3N6O3S2/c1-25-6-3-13-40(23-25)20-21-47-31-22-26(8-9-29(31)34(35,36)37)33-28-24-41(48(2,45)46)19-12-30(28)43(38-33)16-5-14-39-17-10-27(11-18-39)42-15-4-7-32(42)44/h8-9,22,25,27H,3-7,10-21,23-24H2,1-2H3. The van der Waals surface area contributed by atoms with Crippen LogP contribution >= 0.6 is 11.8 Å². The first kappa shape index (κ1) is 35.7. The number of hydrogen-bond donors (Lipinski definition) is 0. The predicted octanol–water partition coefficient (Wildman–Crippen LogP) is 5.19. The Labute approximate surface area is 287 Å². The van der Waals surface area contributed by atoms with Crippen molar-refractivity contribution in [1.82, 2.24) is 28.8 Å². The highest BCUT2D eigenvalue weighted by molar-refractivity contribution is 7.99. The van der Waals surface area contributed by atoms with Gasteiger partial charge in [0.1, 0.15) is 0 Å². The van der Waals surface area contributed by atoms with Crippen molar-refractivity contribution in [3.05, 3.63) is 35.0 Å². The van der Waals surface area contributed by atoms with E-state index in [2.05, 4.69) is 21.6 Å². The van der Waals surface area contributed by atoms with E-state index in [0.717, 1.165) is 95.2 Å². The number of aromatic nitrogens is 2. The van der Waals surface area contributed by atoms with E-state index in [0.29, 0.717) is 54.9 Å². The summed E-state index contributed by atoms with van der Waals surface area (Å²) in [4.78, 5) is 19.2. The quantitative estimate of drug-likeness (QED) is 0.297. The fourth-order valence-corrected chi connectivity index (χ4v) is 9.82. The minimum Gasteiger partial charge on any atom is -0.340 e. The number of carbonyl (C=O) groups is 1. The third kappa shape index (κ3) is 8.42. The topological polar surface area (TPSA) is 82.0 Å². The Morgan fingerprint density at radius 2 is 1.75 bits per heavy atom. The zero-order valence-electron chi connectivity index (χ0n) is 28.2. The van der Waals surface area contributed by atoms with Crippen LogP contribution in [0.3, 0.4) is 0 Å². The number of amides is 1. The van der Waals surface area contributed by atoms with Gasteiger partial charge in [-0.15, -0.1) is 11.8 Å². The molecule has 5 heterocycles. The van der Waals surface area contributed by atoms with Gasteiger partial charge in [0.2, 0.25) is 15.9 Å². The highest BCUT2D eigenvalue weighted by atomic mass is 32.2. The molecule has 3 fully saturated rings. The van der Waals surface area contributed by atoms with Gasteiger partial charge in [-0.25, -0.2) is 8.42 Å². The van der Waals surface area contributed by atoms with Gasteiger partial charge in [0.15, 0.2) is 0 Å². The van der Waals surface area contributed by atoms with Crippen molar-refractivity contribution < 1.29 is 26.4 Å². The number of hydrogen-bond acceptors (Lipinski definition) is 7. The van der Waals surface area contributed by atoms with Gasteiger partial charge in [0.05, 0.1) is 17.5 Å². The molecule has 1 aromatic carbocycles. The molecule has 1 unspecified atom stereocenters. The molecule has 48 heavy (non-hydrogen) atoms. The van der Waals surface area contributed by atoms with E-state index in [1.165, 1.54) is 34.8 Å². The van der Waals surface area contributed by atoms with Crippen molar-refractivity contribution in [2.24, 2.45) is 5.92 Å². The summed E-state index contributed by atoms with van der Waals surface area (Å²) in [6, 6.07) is 4.59. The number of thioether (sulfide) groups is 1. The first-order valence-electron chi connectivity index (χ1n) is 17.5. The van der Waals surface area contributed by atoms with Gasteiger partial charge in [-0.1, -0.05) is 13.0 Å². The molecule has 0 spiro atoms. The Morgan fingerprint density at radius 3 is 2.44 bits per heavy atom. The lowest BCUT2D eigenvalue weighted by molar-refractivity contribution is -0.139. The monoisotopic (exact) mass is 710 g/mol. The van der Waals surface area contributed by atoms with Crippen molar-refractivity contribution in [1.29, 1.82) is 0 Å². The van der Waals surface area contributed by atoms with Gasteiger partial charge in [-0.2, -0.15) is 22.6 Å². The van der Waals surface area contributed by atoms with Crippen molar-refractivity contribution in [2.75, 3.05) is 64.4 Å². The van der Waals surface area contributed by atoms with Crippen molar-refractivity contribution in [3.8, 4) is 11.3 Å². The van der Waals surface area contributed by atoms with Crippen LogP contribution in [0, 0.1) is 5.92 Å². The van der Waals surface area contributed by atoms with Crippen LogP contribution in [0.1, 0.15) is 68.7 Å². The summed E-state index contributed by atoms with van der Waals surface area (Å²) < 4.78 is 70.9. The van der Waals surface area contributed by atoms with Crippen LogP contribution in [0.15, 0.2) is 23.1 Å². The first-order valence-corrected chi connectivity index (χ1v) is 20.3. The number of rotatable bonds is 11. The van der Waals surface area contributed by atoms with Crippen molar-refractivity contribution in [3.63, 3.8) is 0 Å². The number of sulfonamides is 1. The summed E-state index contributed by atoms with van der Waals surface area (Å²) in [5.41, 5.74) is 2.24. The number of likely N-dealkylation sites (tertiary alicyclic amines) is 3. The van der Waals surface area contributed by atoms with E-state index in [1.54, 1.807) is 6.07 Å². The molecule has 1 atom stereocenters. The Hall–Kier alpha value is -2.13. The molecule has 0 bridgehead atoms. The Bertz CT molecular complexity index is 1560. The van der Waals surface area contributed by atoms with E-state index in [4.69, 9.17) is 5.10 Å². The molecule has 9 nitrogen and oxygen atoms in total. The number of aryl methyl sites for hydroxylation is 1. The molecule has 1 aromatic heterocycles. The summed E-state index contributed by atoms with van der Waals surface area (Å²) in [6.07, 6.45) is 3.97. The molecule has 14 heteroatoms. The average molecular weight is 711 g/mol. The second-order valence-corrected chi connectivity index (χ2v) is 17.2. The maximum absolute atomic E-state index is 14.1. The Kier molecular flexibility index (Phi) is 11.2. The zero-order chi connectivity index (χ0) is 34.1. The molecule has 2 aromatic rings. The smallest absolute Gasteiger partial charge is 0.340 e. The maximum atomic E-state index is 14.1. The summed E-state index contributed by atoms with van der Waals surface area (Å²) in [6.45, 7) is 9.72. The van der Waals surface area contributed by atoms with Gasteiger partial charge in [-0.05, 0) is 69.7 Å². The van der Waals surface area contributed by atoms with Crippen LogP contribution in [0.25, 0.3) is 11.3 Å². The fourth-order valence-electron chi connectivity index (χ4n) is 7.92. The van der Waals surface area contributed by atoms with Crippen LogP contribution < -0.4 is 0 Å². The van der Waals surface area contributed by atoms with E-state index in [1.807, 2.05) is 4.68 Å². The van der Waals surface area contributed by atoms with Gasteiger partial charge < -0.3 is 14.7 Å². The largest absolute Gasteiger partial charge is 0.417 e. The summed E-state index contributed by atoms with van der Waals surface area (Å²) in [5, 5.41) is 4.96. The van der Waals surface area contributed by atoms with Crippen molar-refractivity contribution >= 4 is 27.7 Å². The second kappa shape index (κ2) is 15.0. The number of benzene rings is 1. The maximum Gasteiger partial charge on any atom is 0.417 e. The molecule has 3 saturated heterocycles. The summed E-state index contributed by atoms with van der Waals surface area (Å²) >= 11 is 1.23. The molecule has 0 radical (unpaired) electrons. The molecule has 6 rings (SSSR count). The fraction of sp³-hybridized carbons (Fsp3) is 0.706. The van der Waals surface area contributed by atoms with Crippen LogP contribution in [0.5, 0.6) is 0 Å². The van der Waals surface area contributed by atoms with E-state index in [-0.39, 0.29) is 17.3 Å². The molecule has 266 valence electrons. The molecular weight excluding hydrogens is 662 g/mol. The SMILES string of the molecule is CC1CCCN(CCSc2cc(-c3nn(CCCN4CCC(N5CCCC5=O)CC4)c4c3CN(S(C)(=O)=O)CC4)ccc2C(F)(F)F)C1. The number of piperidine rings is 2. The lowest BCUT2D eigenvalue weighted by Crippen LogP contribution is -2.45. The van der Waals surface area contributed by atoms with Gasteiger partial charge in [-0.3, -0.25) is 9.48 Å². The van der Waals surface area contributed by atoms with Crippen LogP contribution in [-0.4, -0.2) is 114 Å². The average Bonchev–Trinajstić information content (AvgIpc) is 3.63. The third-order valence-corrected chi connectivity index (χ3v) is 12.8. The van der Waals surface area contributed by atoms with Crippen LogP contribution in [0.2, 0.25) is 0 Å². The zero-order valence-corrected chi connectivity index (χ0v) is 29.8. The van der Waals surface area contributed by atoms with Crippen LogP contribution in [-0.2, 0) is 40.5 Å².